The van der Waals surface area contributed by atoms with Crippen molar-refractivity contribution in [3.63, 3.8) is 0 Å². The topological polar surface area (TPSA) is 98.3 Å². The van der Waals surface area contributed by atoms with E-state index in [9.17, 15) is 4.79 Å². The number of halogens is 1. The molecule has 2 aromatic carbocycles. The van der Waals surface area contributed by atoms with E-state index >= 15 is 0 Å². The molecule has 3 aromatic rings. The quantitative estimate of drug-likeness (QED) is 0.618. The molecular weight excluding hydrogens is 370 g/mol. The predicted molar refractivity (Wildman–Crippen MR) is 102 cm³/mol. The van der Waals surface area contributed by atoms with Gasteiger partial charge in [0.15, 0.2) is 5.82 Å². The lowest BCUT2D eigenvalue weighted by Gasteiger charge is -2.10. The fraction of sp³-hybridized carbons (Fsp3) is 0.111. The van der Waals surface area contributed by atoms with Crippen molar-refractivity contribution < 1.29 is 14.3 Å². The Morgan fingerprint density at radius 3 is 2.74 bits per heavy atom. The minimum absolute atomic E-state index is 0.215. The van der Waals surface area contributed by atoms with Crippen LogP contribution in [0.25, 0.3) is 0 Å². The van der Waals surface area contributed by atoms with Crippen LogP contribution in [0.4, 0.5) is 23.1 Å². The summed E-state index contributed by atoms with van der Waals surface area (Å²) in [6.07, 6.45) is 1.48. The number of benzene rings is 2. The summed E-state index contributed by atoms with van der Waals surface area (Å²) in [5.74, 6) is 0.932. The normalized spacial score (nSPS) is 10.2. The smallest absolute Gasteiger partial charge is 0.337 e. The maximum atomic E-state index is 11.7. The molecule has 0 saturated carbocycles. The third kappa shape index (κ3) is 4.62. The van der Waals surface area contributed by atoms with Crippen LogP contribution in [0.3, 0.4) is 0 Å². The van der Waals surface area contributed by atoms with Gasteiger partial charge in [-0.15, -0.1) is 5.10 Å². The molecule has 0 saturated heterocycles. The van der Waals surface area contributed by atoms with Gasteiger partial charge in [-0.2, -0.15) is 10.1 Å². The summed E-state index contributed by atoms with van der Waals surface area (Å²) >= 11 is 6.18. The SMILES string of the molecule is COC(=O)c1ccc(Cl)c(Nc2nncc(Nc3cccc(OC)c3)n2)c1. The second-order valence-electron chi connectivity index (χ2n) is 5.33. The molecular formula is C18H16ClN5O3. The number of carbonyl (C=O) groups excluding carboxylic acids is 1. The largest absolute Gasteiger partial charge is 0.497 e. The molecule has 0 aliphatic carbocycles. The molecule has 3 rings (SSSR count). The zero-order valence-corrected chi connectivity index (χ0v) is 15.3. The van der Waals surface area contributed by atoms with Crippen molar-refractivity contribution >= 4 is 40.7 Å². The van der Waals surface area contributed by atoms with Gasteiger partial charge in [-0.1, -0.05) is 17.7 Å². The zero-order chi connectivity index (χ0) is 19.2. The van der Waals surface area contributed by atoms with Crippen molar-refractivity contribution in [3.8, 4) is 5.75 Å². The first-order chi connectivity index (χ1) is 13.1. The van der Waals surface area contributed by atoms with Crippen LogP contribution < -0.4 is 15.4 Å². The molecule has 0 spiro atoms. The molecule has 0 atom stereocenters. The van der Waals surface area contributed by atoms with E-state index in [0.29, 0.717) is 27.8 Å². The standard InChI is InChI=1S/C18H16ClN5O3/c1-26-13-5-3-4-12(9-13)21-16-10-20-24-18(23-16)22-15-8-11(17(25)27-2)6-7-14(15)19/h3-10H,1-2H3,(H2,21,22,23,24). The van der Waals surface area contributed by atoms with Crippen molar-refractivity contribution in [1.29, 1.82) is 0 Å². The van der Waals surface area contributed by atoms with Gasteiger partial charge in [0.1, 0.15) is 5.75 Å². The maximum Gasteiger partial charge on any atom is 0.337 e. The summed E-state index contributed by atoms with van der Waals surface area (Å²) in [4.78, 5) is 16.0. The molecule has 1 aromatic heterocycles. The highest BCUT2D eigenvalue weighted by atomic mass is 35.5. The highest BCUT2D eigenvalue weighted by Crippen LogP contribution is 2.26. The van der Waals surface area contributed by atoms with Gasteiger partial charge in [0.25, 0.3) is 0 Å². The van der Waals surface area contributed by atoms with Gasteiger partial charge in [-0.3, -0.25) is 0 Å². The predicted octanol–water partition coefficient (Wildman–Crippen LogP) is 3.81. The van der Waals surface area contributed by atoms with Gasteiger partial charge in [0, 0.05) is 11.8 Å². The summed E-state index contributed by atoms with van der Waals surface area (Å²) in [6, 6.07) is 12.1. The Labute approximate surface area is 160 Å². The molecule has 0 aliphatic rings. The van der Waals surface area contributed by atoms with Crippen molar-refractivity contribution in [2.75, 3.05) is 24.9 Å². The molecule has 0 radical (unpaired) electrons. The monoisotopic (exact) mass is 385 g/mol. The fourth-order valence-electron chi connectivity index (χ4n) is 2.25. The number of carbonyl (C=O) groups is 1. The average molecular weight is 386 g/mol. The number of aromatic nitrogens is 3. The maximum absolute atomic E-state index is 11.7. The molecule has 138 valence electrons. The number of rotatable bonds is 6. The van der Waals surface area contributed by atoms with E-state index in [2.05, 4.69) is 25.8 Å². The summed E-state index contributed by atoms with van der Waals surface area (Å²) in [7, 11) is 2.91. The fourth-order valence-corrected chi connectivity index (χ4v) is 2.42. The Hall–Kier alpha value is -3.39. The average Bonchev–Trinajstić information content (AvgIpc) is 2.69. The van der Waals surface area contributed by atoms with Crippen LogP contribution in [0.1, 0.15) is 10.4 Å². The Bertz CT molecular complexity index is 967. The number of esters is 1. The van der Waals surface area contributed by atoms with Crippen LogP contribution >= 0.6 is 11.6 Å². The van der Waals surface area contributed by atoms with Gasteiger partial charge >= 0.3 is 5.97 Å². The minimum atomic E-state index is -0.470. The van der Waals surface area contributed by atoms with Crippen LogP contribution in [0.5, 0.6) is 5.75 Å². The van der Waals surface area contributed by atoms with Gasteiger partial charge in [0.2, 0.25) is 5.95 Å². The van der Waals surface area contributed by atoms with E-state index in [-0.39, 0.29) is 5.95 Å². The lowest BCUT2D eigenvalue weighted by Crippen LogP contribution is -2.05. The highest BCUT2D eigenvalue weighted by molar-refractivity contribution is 6.33. The Morgan fingerprint density at radius 1 is 1.11 bits per heavy atom. The van der Waals surface area contributed by atoms with Crippen LogP contribution in [0.2, 0.25) is 5.02 Å². The first kappa shape index (κ1) is 18.4. The second-order valence-corrected chi connectivity index (χ2v) is 5.74. The summed E-state index contributed by atoms with van der Waals surface area (Å²) < 4.78 is 9.91. The summed E-state index contributed by atoms with van der Waals surface area (Å²) in [6.45, 7) is 0. The molecule has 1 heterocycles. The van der Waals surface area contributed by atoms with E-state index in [0.717, 1.165) is 5.69 Å². The van der Waals surface area contributed by atoms with Crippen LogP contribution in [0, 0.1) is 0 Å². The molecule has 27 heavy (non-hydrogen) atoms. The Morgan fingerprint density at radius 2 is 1.96 bits per heavy atom. The van der Waals surface area contributed by atoms with Crippen LogP contribution in [0.15, 0.2) is 48.7 Å². The number of nitrogens with one attached hydrogen (secondary N) is 2. The van der Waals surface area contributed by atoms with Crippen molar-refractivity contribution in [2.24, 2.45) is 0 Å². The van der Waals surface area contributed by atoms with Gasteiger partial charge in [-0.05, 0) is 30.3 Å². The third-order valence-electron chi connectivity index (χ3n) is 3.53. The molecule has 0 fully saturated rings. The number of methoxy groups -OCH3 is 2. The number of hydrogen-bond acceptors (Lipinski definition) is 8. The van der Waals surface area contributed by atoms with Gasteiger partial charge < -0.3 is 20.1 Å². The third-order valence-corrected chi connectivity index (χ3v) is 3.86. The van der Waals surface area contributed by atoms with Crippen molar-refractivity contribution in [1.82, 2.24) is 15.2 Å². The van der Waals surface area contributed by atoms with Crippen LogP contribution in [-0.2, 0) is 4.74 Å². The molecule has 0 amide bonds. The van der Waals surface area contributed by atoms with Crippen molar-refractivity contribution in [2.45, 2.75) is 0 Å². The van der Waals surface area contributed by atoms with E-state index in [1.807, 2.05) is 24.3 Å². The summed E-state index contributed by atoms with van der Waals surface area (Å²) in [5, 5.41) is 14.3. The zero-order valence-electron chi connectivity index (χ0n) is 14.6. The Balaban J connectivity index is 1.81. The van der Waals surface area contributed by atoms with Crippen molar-refractivity contribution in [3.05, 3.63) is 59.2 Å². The second kappa shape index (κ2) is 8.33. The van der Waals surface area contributed by atoms with E-state index < -0.39 is 5.97 Å². The van der Waals surface area contributed by atoms with E-state index in [1.54, 1.807) is 25.3 Å². The molecule has 0 aliphatic heterocycles. The number of nitrogens with zero attached hydrogens (tertiary/aromatic N) is 3. The molecule has 8 nitrogen and oxygen atoms in total. The minimum Gasteiger partial charge on any atom is -0.497 e. The molecule has 2 N–H and O–H groups in total. The van der Waals surface area contributed by atoms with Gasteiger partial charge in [-0.25, -0.2) is 4.79 Å². The molecule has 0 unspecified atom stereocenters. The molecule has 9 heteroatoms. The van der Waals surface area contributed by atoms with E-state index in [4.69, 9.17) is 21.1 Å². The number of ether oxygens (including phenoxy) is 2. The summed E-state index contributed by atoms with van der Waals surface area (Å²) in [5.41, 5.74) is 1.59. The first-order valence-corrected chi connectivity index (χ1v) is 8.22. The first-order valence-electron chi connectivity index (χ1n) is 7.84. The Kier molecular flexibility index (Phi) is 5.68. The number of anilines is 4. The van der Waals surface area contributed by atoms with Crippen LogP contribution in [-0.4, -0.2) is 35.4 Å². The van der Waals surface area contributed by atoms with E-state index in [1.165, 1.54) is 13.3 Å². The highest BCUT2D eigenvalue weighted by Gasteiger charge is 2.11. The lowest BCUT2D eigenvalue weighted by molar-refractivity contribution is 0.0601. The number of hydrogen-bond donors (Lipinski definition) is 2. The molecule has 0 bridgehead atoms. The lowest BCUT2D eigenvalue weighted by atomic mass is 10.2. The van der Waals surface area contributed by atoms with Gasteiger partial charge in [0.05, 0.1) is 36.7 Å².